The molecule has 0 saturated heterocycles. The molecule has 0 aliphatic heterocycles. The third-order valence-corrected chi connectivity index (χ3v) is 3.32. The van der Waals surface area contributed by atoms with Gasteiger partial charge < -0.3 is 9.47 Å². The van der Waals surface area contributed by atoms with Crippen LogP contribution >= 0.6 is 0 Å². The Bertz CT molecular complexity index is 875. The summed E-state index contributed by atoms with van der Waals surface area (Å²) in [5.74, 6) is 0.626. The van der Waals surface area contributed by atoms with Crippen molar-refractivity contribution in [1.82, 2.24) is 20.2 Å². The Morgan fingerprint density at radius 1 is 1.27 bits per heavy atom. The second-order valence-electron chi connectivity index (χ2n) is 5.21. The summed E-state index contributed by atoms with van der Waals surface area (Å²) in [6.45, 7) is 0.450. The molecule has 0 radical (unpaired) electrons. The summed E-state index contributed by atoms with van der Waals surface area (Å²) < 4.78 is 10.5. The molecule has 1 amide bonds. The van der Waals surface area contributed by atoms with Crippen molar-refractivity contribution in [3.8, 4) is 11.8 Å². The zero-order valence-electron chi connectivity index (χ0n) is 14.0. The molecule has 8 nitrogen and oxygen atoms in total. The number of hydrogen-bond acceptors (Lipinski definition) is 6. The quantitative estimate of drug-likeness (QED) is 0.634. The minimum Gasteiger partial charge on any atom is -0.489 e. The molecule has 26 heavy (non-hydrogen) atoms. The van der Waals surface area contributed by atoms with Crippen molar-refractivity contribution in [2.24, 2.45) is 0 Å². The minimum absolute atomic E-state index is 0.158. The summed E-state index contributed by atoms with van der Waals surface area (Å²) >= 11 is 0. The topological polar surface area (TPSA) is 102 Å². The van der Waals surface area contributed by atoms with E-state index in [1.165, 1.54) is 13.2 Å². The Balaban J connectivity index is 1.51. The summed E-state index contributed by atoms with van der Waals surface area (Å²) in [5, 5.41) is 8.84. The van der Waals surface area contributed by atoms with Crippen LogP contribution in [0.5, 0.6) is 11.8 Å². The number of H-pyrrole nitrogens is 1. The van der Waals surface area contributed by atoms with E-state index in [0.29, 0.717) is 6.61 Å². The van der Waals surface area contributed by atoms with Crippen LogP contribution in [0.2, 0.25) is 0 Å². The molecule has 0 aliphatic carbocycles. The Labute approximate surface area is 149 Å². The number of ether oxygens (including phenoxy) is 2. The van der Waals surface area contributed by atoms with Crippen LogP contribution in [-0.4, -0.2) is 33.2 Å². The van der Waals surface area contributed by atoms with Gasteiger partial charge in [-0.15, -0.1) is 5.10 Å². The first-order valence-electron chi connectivity index (χ1n) is 7.80. The first-order valence-corrected chi connectivity index (χ1v) is 7.80. The third kappa shape index (κ3) is 4.91. The van der Waals surface area contributed by atoms with E-state index in [0.717, 1.165) is 16.9 Å². The van der Waals surface area contributed by atoms with Gasteiger partial charge in [0.15, 0.2) is 0 Å². The first-order chi connectivity index (χ1) is 12.7. The molecule has 0 atom stereocenters. The van der Waals surface area contributed by atoms with Crippen LogP contribution in [-0.2, 0) is 11.4 Å². The van der Waals surface area contributed by atoms with Gasteiger partial charge in [0.25, 0.3) is 5.91 Å². The Kier molecular flexibility index (Phi) is 5.56. The monoisotopic (exact) mass is 351 g/mol. The number of benzene rings is 1. The fraction of sp³-hybridized carbons (Fsp3) is 0.111. The van der Waals surface area contributed by atoms with Gasteiger partial charge in [-0.1, -0.05) is 18.2 Å². The van der Waals surface area contributed by atoms with Crippen LogP contribution in [0.15, 0.2) is 54.9 Å². The van der Waals surface area contributed by atoms with Gasteiger partial charge in [-0.3, -0.25) is 15.1 Å². The van der Waals surface area contributed by atoms with E-state index in [-0.39, 0.29) is 17.9 Å². The molecule has 2 N–H and O–H groups in total. The molecule has 0 fully saturated rings. The SMILES string of the molecule is COc1n[nH]c(NC(=O)/C=C/c2ccc(OCc3cccnc3)cc2)n1. The van der Waals surface area contributed by atoms with Gasteiger partial charge in [0, 0.05) is 24.0 Å². The molecule has 1 aromatic carbocycles. The van der Waals surface area contributed by atoms with Crippen LogP contribution in [0.25, 0.3) is 6.08 Å². The number of carbonyl (C=O) groups excluding carboxylic acids is 1. The number of methoxy groups -OCH3 is 1. The van der Waals surface area contributed by atoms with Crippen LogP contribution < -0.4 is 14.8 Å². The maximum atomic E-state index is 11.9. The van der Waals surface area contributed by atoms with Gasteiger partial charge in [-0.2, -0.15) is 4.98 Å². The highest BCUT2D eigenvalue weighted by molar-refractivity contribution is 6.00. The van der Waals surface area contributed by atoms with Crippen molar-refractivity contribution in [3.05, 3.63) is 66.0 Å². The molecule has 0 spiro atoms. The van der Waals surface area contributed by atoms with Crippen molar-refractivity contribution in [2.75, 3.05) is 12.4 Å². The smallest absolute Gasteiger partial charge is 0.336 e. The van der Waals surface area contributed by atoms with Crippen molar-refractivity contribution < 1.29 is 14.3 Å². The van der Waals surface area contributed by atoms with Gasteiger partial charge in [0.05, 0.1) is 7.11 Å². The van der Waals surface area contributed by atoms with E-state index in [9.17, 15) is 4.79 Å². The number of amides is 1. The third-order valence-electron chi connectivity index (χ3n) is 3.32. The van der Waals surface area contributed by atoms with Crippen LogP contribution in [0.3, 0.4) is 0 Å². The number of nitrogens with zero attached hydrogens (tertiary/aromatic N) is 3. The van der Waals surface area contributed by atoms with Gasteiger partial charge >= 0.3 is 6.01 Å². The lowest BCUT2D eigenvalue weighted by Crippen LogP contribution is -2.09. The lowest BCUT2D eigenvalue weighted by Gasteiger charge is -2.06. The molecule has 0 saturated carbocycles. The molecule has 0 aliphatic rings. The summed E-state index contributed by atoms with van der Waals surface area (Å²) in [6, 6.07) is 11.4. The highest BCUT2D eigenvalue weighted by atomic mass is 16.5. The molecule has 0 bridgehead atoms. The van der Waals surface area contributed by atoms with Crippen molar-refractivity contribution in [1.29, 1.82) is 0 Å². The average molecular weight is 351 g/mol. The number of anilines is 1. The molecule has 132 valence electrons. The Morgan fingerprint density at radius 3 is 2.81 bits per heavy atom. The maximum Gasteiger partial charge on any atom is 0.336 e. The summed E-state index contributed by atoms with van der Waals surface area (Å²) in [4.78, 5) is 19.8. The van der Waals surface area contributed by atoms with E-state index in [1.807, 2.05) is 36.4 Å². The summed E-state index contributed by atoms with van der Waals surface area (Å²) in [5.41, 5.74) is 1.86. The predicted molar refractivity (Wildman–Crippen MR) is 95.6 cm³/mol. The molecule has 0 unspecified atom stereocenters. The van der Waals surface area contributed by atoms with E-state index in [2.05, 4.69) is 25.5 Å². The fourth-order valence-corrected chi connectivity index (χ4v) is 2.05. The highest BCUT2D eigenvalue weighted by Crippen LogP contribution is 2.15. The standard InChI is InChI=1S/C18H17N5O3/c1-25-18-21-17(22-23-18)20-16(24)9-6-13-4-7-15(8-5-13)26-12-14-3-2-10-19-11-14/h2-11H,12H2,1H3,(H2,20,21,22,23,24)/b9-6+. The normalized spacial score (nSPS) is 10.7. The fourth-order valence-electron chi connectivity index (χ4n) is 2.05. The zero-order valence-corrected chi connectivity index (χ0v) is 14.0. The Morgan fingerprint density at radius 2 is 2.12 bits per heavy atom. The van der Waals surface area contributed by atoms with E-state index < -0.39 is 0 Å². The molecule has 2 heterocycles. The van der Waals surface area contributed by atoms with Crippen molar-refractivity contribution in [3.63, 3.8) is 0 Å². The van der Waals surface area contributed by atoms with Crippen molar-refractivity contribution in [2.45, 2.75) is 6.61 Å². The Hall–Kier alpha value is -3.68. The predicted octanol–water partition coefficient (Wildman–Crippen LogP) is 2.44. The van der Waals surface area contributed by atoms with Crippen LogP contribution in [0.1, 0.15) is 11.1 Å². The van der Waals surface area contributed by atoms with Gasteiger partial charge in [-0.25, -0.2) is 5.10 Å². The van der Waals surface area contributed by atoms with E-state index in [4.69, 9.17) is 9.47 Å². The average Bonchev–Trinajstić information content (AvgIpc) is 3.14. The zero-order chi connectivity index (χ0) is 18.2. The lowest BCUT2D eigenvalue weighted by atomic mass is 10.2. The molecule has 2 aromatic heterocycles. The molecular formula is C18H17N5O3. The minimum atomic E-state index is -0.333. The molecule has 3 rings (SSSR count). The van der Waals surface area contributed by atoms with Crippen LogP contribution in [0, 0.1) is 0 Å². The molecule has 8 heteroatoms. The maximum absolute atomic E-state index is 11.9. The number of carbonyl (C=O) groups is 1. The number of nitrogens with one attached hydrogen (secondary N) is 2. The summed E-state index contributed by atoms with van der Waals surface area (Å²) in [7, 11) is 1.44. The van der Waals surface area contributed by atoms with E-state index >= 15 is 0 Å². The molecular weight excluding hydrogens is 334 g/mol. The number of hydrogen-bond donors (Lipinski definition) is 2. The largest absolute Gasteiger partial charge is 0.489 e. The second-order valence-corrected chi connectivity index (χ2v) is 5.21. The van der Waals surface area contributed by atoms with Gasteiger partial charge in [-0.05, 0) is 29.8 Å². The first kappa shape index (κ1) is 17.2. The number of aromatic amines is 1. The number of rotatable bonds is 7. The van der Waals surface area contributed by atoms with Crippen LogP contribution in [0.4, 0.5) is 5.95 Å². The van der Waals surface area contributed by atoms with Gasteiger partial charge in [0.1, 0.15) is 12.4 Å². The number of pyridine rings is 1. The van der Waals surface area contributed by atoms with E-state index in [1.54, 1.807) is 18.5 Å². The molecule has 3 aromatic rings. The lowest BCUT2D eigenvalue weighted by molar-refractivity contribution is -0.111. The number of aromatic nitrogens is 4. The highest BCUT2D eigenvalue weighted by Gasteiger charge is 2.04. The summed E-state index contributed by atoms with van der Waals surface area (Å²) in [6.07, 6.45) is 6.58. The van der Waals surface area contributed by atoms with Gasteiger partial charge in [0.2, 0.25) is 5.95 Å². The second kappa shape index (κ2) is 8.43. The van der Waals surface area contributed by atoms with Crippen molar-refractivity contribution >= 4 is 17.9 Å².